The van der Waals surface area contributed by atoms with Gasteiger partial charge >= 0.3 is 0 Å². The highest BCUT2D eigenvalue weighted by atomic mass is 16.5. The van der Waals surface area contributed by atoms with Gasteiger partial charge in [0.25, 0.3) is 0 Å². The molecule has 0 spiro atoms. The van der Waals surface area contributed by atoms with Crippen LogP contribution in [-0.4, -0.2) is 31.1 Å². The van der Waals surface area contributed by atoms with Gasteiger partial charge in [-0.1, -0.05) is 13.0 Å². The Balaban J connectivity index is 1.65. The van der Waals surface area contributed by atoms with E-state index in [9.17, 15) is 0 Å². The normalized spacial score (nSPS) is 17.1. The van der Waals surface area contributed by atoms with Gasteiger partial charge in [-0.15, -0.1) is 0 Å². The van der Waals surface area contributed by atoms with Crippen molar-refractivity contribution in [3.63, 3.8) is 0 Å². The molecule has 19 heavy (non-hydrogen) atoms. The number of nitriles is 1. The molecule has 1 heterocycles. The summed E-state index contributed by atoms with van der Waals surface area (Å²) >= 11 is 0. The molecule has 0 aliphatic carbocycles. The summed E-state index contributed by atoms with van der Waals surface area (Å²) in [5, 5.41) is 8.81. The monoisotopic (exact) mass is 258 g/mol. The van der Waals surface area contributed by atoms with Crippen molar-refractivity contribution in [1.82, 2.24) is 4.90 Å². The molecular weight excluding hydrogens is 236 g/mol. The van der Waals surface area contributed by atoms with Gasteiger partial charge in [-0.05, 0) is 56.5 Å². The molecule has 0 amide bonds. The van der Waals surface area contributed by atoms with Gasteiger partial charge in [-0.2, -0.15) is 5.26 Å². The lowest BCUT2D eigenvalue weighted by atomic mass is 9.99. The third-order valence-electron chi connectivity index (χ3n) is 3.73. The van der Waals surface area contributed by atoms with E-state index in [1.807, 2.05) is 12.1 Å². The number of piperidine rings is 1. The zero-order valence-corrected chi connectivity index (χ0v) is 11.6. The Morgan fingerprint density at radius 2 is 2.16 bits per heavy atom. The van der Waals surface area contributed by atoms with Crippen LogP contribution in [0.25, 0.3) is 0 Å². The Morgan fingerprint density at radius 1 is 1.37 bits per heavy atom. The molecule has 0 saturated carbocycles. The molecule has 3 nitrogen and oxygen atoms in total. The predicted molar refractivity (Wildman–Crippen MR) is 76.1 cm³/mol. The van der Waals surface area contributed by atoms with Crippen LogP contribution in [0.1, 0.15) is 31.7 Å². The van der Waals surface area contributed by atoms with Crippen LogP contribution in [0, 0.1) is 17.2 Å². The highest BCUT2D eigenvalue weighted by Gasteiger charge is 2.14. The molecule has 3 heteroatoms. The molecule has 0 aromatic heterocycles. The number of hydrogen-bond acceptors (Lipinski definition) is 3. The van der Waals surface area contributed by atoms with Crippen molar-refractivity contribution in [2.75, 3.05) is 26.2 Å². The van der Waals surface area contributed by atoms with Crippen molar-refractivity contribution in [3.8, 4) is 11.8 Å². The van der Waals surface area contributed by atoms with Crippen molar-refractivity contribution in [1.29, 1.82) is 5.26 Å². The number of benzene rings is 1. The van der Waals surface area contributed by atoms with Crippen LogP contribution < -0.4 is 4.74 Å². The zero-order valence-electron chi connectivity index (χ0n) is 11.6. The van der Waals surface area contributed by atoms with Crippen molar-refractivity contribution in [2.24, 2.45) is 5.92 Å². The smallest absolute Gasteiger partial charge is 0.120 e. The summed E-state index contributed by atoms with van der Waals surface area (Å²) in [7, 11) is 0. The summed E-state index contributed by atoms with van der Waals surface area (Å²) in [4.78, 5) is 2.52. The van der Waals surface area contributed by atoms with Gasteiger partial charge in [0, 0.05) is 6.54 Å². The van der Waals surface area contributed by atoms with Crippen molar-refractivity contribution in [3.05, 3.63) is 29.8 Å². The van der Waals surface area contributed by atoms with Crippen LogP contribution in [0.15, 0.2) is 24.3 Å². The van der Waals surface area contributed by atoms with Gasteiger partial charge in [0.05, 0.1) is 18.2 Å². The maximum Gasteiger partial charge on any atom is 0.120 e. The van der Waals surface area contributed by atoms with E-state index in [2.05, 4.69) is 17.9 Å². The molecule has 102 valence electrons. The van der Waals surface area contributed by atoms with E-state index in [1.165, 1.54) is 25.9 Å². The molecule has 0 unspecified atom stereocenters. The van der Waals surface area contributed by atoms with Crippen LogP contribution in [0.5, 0.6) is 5.75 Å². The Bertz CT molecular complexity index is 431. The van der Waals surface area contributed by atoms with Gasteiger partial charge in [0.15, 0.2) is 0 Å². The highest BCUT2D eigenvalue weighted by molar-refractivity contribution is 5.36. The highest BCUT2D eigenvalue weighted by Crippen LogP contribution is 2.16. The Morgan fingerprint density at radius 3 is 2.89 bits per heavy atom. The number of nitrogens with zero attached hydrogens (tertiary/aromatic N) is 2. The van der Waals surface area contributed by atoms with Crippen molar-refractivity contribution >= 4 is 0 Å². The molecule has 1 aliphatic heterocycles. The van der Waals surface area contributed by atoms with Crippen LogP contribution in [0.2, 0.25) is 0 Å². The third-order valence-corrected chi connectivity index (χ3v) is 3.73. The first-order valence-electron chi connectivity index (χ1n) is 7.13. The maximum atomic E-state index is 8.81. The van der Waals surface area contributed by atoms with Gasteiger partial charge in [0.1, 0.15) is 5.75 Å². The molecule has 1 aromatic rings. The number of hydrogen-bond donors (Lipinski definition) is 0. The topological polar surface area (TPSA) is 36.3 Å². The minimum absolute atomic E-state index is 0.655. The average molecular weight is 258 g/mol. The minimum atomic E-state index is 0.655. The van der Waals surface area contributed by atoms with Crippen molar-refractivity contribution in [2.45, 2.75) is 26.2 Å². The van der Waals surface area contributed by atoms with Crippen LogP contribution in [0.4, 0.5) is 0 Å². The maximum absolute atomic E-state index is 8.81. The first kappa shape index (κ1) is 13.9. The summed E-state index contributed by atoms with van der Waals surface area (Å²) in [6.45, 7) is 6.63. The molecule has 1 aromatic carbocycles. The van der Waals surface area contributed by atoms with Crippen LogP contribution in [-0.2, 0) is 0 Å². The first-order valence-corrected chi connectivity index (χ1v) is 7.13. The SMILES string of the molecule is CC1CCN(CCCOc2cccc(C#N)c2)CC1. The van der Waals surface area contributed by atoms with E-state index in [1.54, 1.807) is 12.1 Å². The summed E-state index contributed by atoms with van der Waals surface area (Å²) in [6.07, 6.45) is 3.70. The van der Waals surface area contributed by atoms with Crippen LogP contribution >= 0.6 is 0 Å². The second-order valence-corrected chi connectivity index (χ2v) is 5.37. The number of rotatable bonds is 5. The summed E-state index contributed by atoms with van der Waals surface area (Å²) in [5.74, 6) is 1.69. The van der Waals surface area contributed by atoms with Gasteiger partial charge in [-0.3, -0.25) is 0 Å². The lowest BCUT2D eigenvalue weighted by Gasteiger charge is -2.30. The Hall–Kier alpha value is -1.53. The summed E-state index contributed by atoms with van der Waals surface area (Å²) in [6, 6.07) is 9.48. The predicted octanol–water partition coefficient (Wildman–Crippen LogP) is 3.06. The molecule has 1 aliphatic rings. The van der Waals surface area contributed by atoms with Gasteiger partial charge in [0.2, 0.25) is 0 Å². The quantitative estimate of drug-likeness (QED) is 0.762. The zero-order chi connectivity index (χ0) is 13.5. The fourth-order valence-corrected chi connectivity index (χ4v) is 2.42. The van der Waals surface area contributed by atoms with E-state index in [0.717, 1.165) is 31.2 Å². The second-order valence-electron chi connectivity index (χ2n) is 5.37. The Labute approximate surface area is 115 Å². The molecule has 0 N–H and O–H groups in total. The molecule has 2 rings (SSSR count). The molecular formula is C16H22N2O. The molecule has 0 atom stereocenters. The van der Waals surface area contributed by atoms with Gasteiger partial charge in [-0.25, -0.2) is 0 Å². The van der Waals surface area contributed by atoms with Gasteiger partial charge < -0.3 is 9.64 Å². The van der Waals surface area contributed by atoms with E-state index in [4.69, 9.17) is 10.00 Å². The fourth-order valence-electron chi connectivity index (χ4n) is 2.42. The van der Waals surface area contributed by atoms with E-state index < -0.39 is 0 Å². The molecule has 1 saturated heterocycles. The number of ether oxygens (including phenoxy) is 1. The molecule has 0 bridgehead atoms. The fraction of sp³-hybridized carbons (Fsp3) is 0.562. The third kappa shape index (κ3) is 4.57. The van der Waals surface area contributed by atoms with E-state index in [-0.39, 0.29) is 0 Å². The number of likely N-dealkylation sites (tertiary alicyclic amines) is 1. The van der Waals surface area contributed by atoms with E-state index >= 15 is 0 Å². The average Bonchev–Trinajstić information content (AvgIpc) is 2.46. The first-order chi connectivity index (χ1) is 9.28. The lowest BCUT2D eigenvalue weighted by molar-refractivity contribution is 0.177. The summed E-state index contributed by atoms with van der Waals surface area (Å²) in [5.41, 5.74) is 0.655. The molecule has 0 radical (unpaired) electrons. The largest absolute Gasteiger partial charge is 0.494 e. The second kappa shape index (κ2) is 7.16. The standard InChI is InChI=1S/C16H22N2O/c1-14-6-9-18(10-7-14)8-3-11-19-16-5-2-4-15(12-16)13-17/h2,4-5,12,14H,3,6-11H2,1H3. The van der Waals surface area contributed by atoms with E-state index in [0.29, 0.717) is 5.56 Å². The van der Waals surface area contributed by atoms with Crippen molar-refractivity contribution < 1.29 is 4.74 Å². The summed E-state index contributed by atoms with van der Waals surface area (Å²) < 4.78 is 5.68. The molecule has 1 fully saturated rings. The minimum Gasteiger partial charge on any atom is -0.494 e. The Kier molecular flexibility index (Phi) is 5.23. The lowest BCUT2D eigenvalue weighted by Crippen LogP contribution is -2.34. The van der Waals surface area contributed by atoms with Crippen LogP contribution in [0.3, 0.4) is 0 Å².